The monoisotopic (exact) mass is 332 g/mol. The van der Waals surface area contributed by atoms with Crippen molar-refractivity contribution in [3.8, 4) is 5.75 Å². The fraction of sp³-hybridized carbons (Fsp3) is 0.235. The van der Waals surface area contributed by atoms with Crippen molar-refractivity contribution in [2.24, 2.45) is 0 Å². The molecule has 128 valence electrons. The molecule has 0 aliphatic heterocycles. The van der Waals surface area contributed by atoms with Gasteiger partial charge in [-0.05, 0) is 42.3 Å². The highest BCUT2D eigenvalue weighted by molar-refractivity contribution is 6.27. The molecule has 0 saturated heterocycles. The summed E-state index contributed by atoms with van der Waals surface area (Å²) in [5.74, 6) is -2.74. The van der Waals surface area contributed by atoms with Gasteiger partial charge in [0, 0.05) is 18.9 Å². The van der Waals surface area contributed by atoms with Crippen molar-refractivity contribution in [1.29, 1.82) is 0 Å². The maximum atomic E-state index is 9.10. The van der Waals surface area contributed by atoms with Crippen molar-refractivity contribution in [3.63, 3.8) is 0 Å². The van der Waals surface area contributed by atoms with E-state index in [2.05, 4.69) is 28.5 Å². The Bertz CT molecular complexity index is 617. The van der Waals surface area contributed by atoms with Crippen molar-refractivity contribution in [1.82, 2.24) is 10.3 Å². The Morgan fingerprint density at radius 2 is 1.75 bits per heavy atom. The average Bonchev–Trinajstić information content (AvgIpc) is 2.60. The standard InChI is InChI=1S/C15H18N2O.C2H2O4/c1-18-15-6-4-13(5-7-15)8-10-17-12-14-3-2-9-16-11-14;3-1(4)2(5)6/h2-7,9,11,17H,8,10,12H2,1H3;(H,3,4)(H,5,6). The van der Waals surface area contributed by atoms with E-state index in [4.69, 9.17) is 24.5 Å². The lowest BCUT2D eigenvalue weighted by atomic mass is 10.1. The van der Waals surface area contributed by atoms with E-state index in [1.165, 1.54) is 11.1 Å². The Labute approximate surface area is 139 Å². The predicted molar refractivity (Wildman–Crippen MR) is 87.9 cm³/mol. The minimum Gasteiger partial charge on any atom is -0.497 e. The van der Waals surface area contributed by atoms with Gasteiger partial charge in [0.15, 0.2) is 0 Å². The van der Waals surface area contributed by atoms with E-state index in [1.54, 1.807) is 13.3 Å². The Balaban J connectivity index is 0.000000413. The lowest BCUT2D eigenvalue weighted by Gasteiger charge is -2.05. The Morgan fingerprint density at radius 3 is 2.25 bits per heavy atom. The van der Waals surface area contributed by atoms with Gasteiger partial charge < -0.3 is 20.3 Å². The quantitative estimate of drug-likeness (QED) is 0.544. The maximum Gasteiger partial charge on any atom is 0.414 e. The van der Waals surface area contributed by atoms with Gasteiger partial charge in [0.2, 0.25) is 0 Å². The summed E-state index contributed by atoms with van der Waals surface area (Å²) in [6.07, 6.45) is 4.70. The zero-order valence-electron chi connectivity index (χ0n) is 13.3. The van der Waals surface area contributed by atoms with E-state index < -0.39 is 11.9 Å². The highest BCUT2D eigenvalue weighted by atomic mass is 16.5. The number of methoxy groups -OCH3 is 1. The number of rotatable bonds is 6. The number of ether oxygens (including phenoxy) is 1. The molecule has 2 aromatic rings. The molecule has 3 N–H and O–H groups in total. The van der Waals surface area contributed by atoms with Crippen molar-refractivity contribution in [2.75, 3.05) is 13.7 Å². The van der Waals surface area contributed by atoms with Gasteiger partial charge in [-0.15, -0.1) is 0 Å². The van der Waals surface area contributed by atoms with E-state index in [0.717, 1.165) is 25.3 Å². The molecule has 0 bridgehead atoms. The number of aliphatic carboxylic acids is 2. The van der Waals surface area contributed by atoms with Gasteiger partial charge in [-0.2, -0.15) is 0 Å². The van der Waals surface area contributed by atoms with Crippen LogP contribution in [0.4, 0.5) is 0 Å². The minimum atomic E-state index is -1.82. The number of hydrogen-bond acceptors (Lipinski definition) is 5. The molecule has 0 saturated carbocycles. The third-order valence-electron chi connectivity index (χ3n) is 2.98. The molecule has 0 amide bonds. The first-order chi connectivity index (χ1) is 11.5. The van der Waals surface area contributed by atoms with Crippen LogP contribution in [0, 0.1) is 0 Å². The topological polar surface area (TPSA) is 109 Å². The molecule has 1 aromatic heterocycles. The van der Waals surface area contributed by atoms with Gasteiger partial charge in [0.05, 0.1) is 7.11 Å². The van der Waals surface area contributed by atoms with Gasteiger partial charge in [-0.3, -0.25) is 4.98 Å². The molecule has 0 unspecified atom stereocenters. The van der Waals surface area contributed by atoms with E-state index in [1.807, 2.05) is 24.4 Å². The van der Waals surface area contributed by atoms with E-state index in [0.29, 0.717) is 0 Å². The van der Waals surface area contributed by atoms with E-state index in [9.17, 15) is 0 Å². The summed E-state index contributed by atoms with van der Waals surface area (Å²) < 4.78 is 5.13. The zero-order chi connectivity index (χ0) is 17.8. The van der Waals surface area contributed by atoms with Crippen molar-refractivity contribution in [2.45, 2.75) is 13.0 Å². The number of aromatic nitrogens is 1. The first kappa shape index (κ1) is 19.1. The van der Waals surface area contributed by atoms with Crippen LogP contribution in [0.2, 0.25) is 0 Å². The lowest BCUT2D eigenvalue weighted by molar-refractivity contribution is -0.159. The first-order valence-corrected chi connectivity index (χ1v) is 7.21. The van der Waals surface area contributed by atoms with Crippen LogP contribution < -0.4 is 10.1 Å². The van der Waals surface area contributed by atoms with Crippen LogP contribution in [-0.2, 0) is 22.6 Å². The van der Waals surface area contributed by atoms with Gasteiger partial charge in [0.1, 0.15) is 5.75 Å². The molecule has 0 aliphatic rings. The van der Waals surface area contributed by atoms with Crippen molar-refractivity contribution in [3.05, 3.63) is 59.9 Å². The van der Waals surface area contributed by atoms with E-state index in [-0.39, 0.29) is 0 Å². The number of nitrogens with one attached hydrogen (secondary N) is 1. The second-order valence-corrected chi connectivity index (χ2v) is 4.75. The Morgan fingerprint density at radius 1 is 1.08 bits per heavy atom. The molecule has 1 heterocycles. The molecule has 2 rings (SSSR count). The highest BCUT2D eigenvalue weighted by Crippen LogP contribution is 2.11. The maximum absolute atomic E-state index is 9.10. The van der Waals surface area contributed by atoms with Gasteiger partial charge in [0.25, 0.3) is 0 Å². The van der Waals surface area contributed by atoms with Gasteiger partial charge in [-0.25, -0.2) is 9.59 Å². The van der Waals surface area contributed by atoms with Crippen LogP contribution in [0.3, 0.4) is 0 Å². The third kappa shape index (κ3) is 7.90. The third-order valence-corrected chi connectivity index (χ3v) is 2.98. The van der Waals surface area contributed by atoms with Crippen LogP contribution in [0.25, 0.3) is 0 Å². The largest absolute Gasteiger partial charge is 0.497 e. The number of benzene rings is 1. The van der Waals surface area contributed by atoms with Gasteiger partial charge in [-0.1, -0.05) is 18.2 Å². The molecule has 0 spiro atoms. The number of carboxylic acids is 2. The summed E-state index contributed by atoms with van der Waals surface area (Å²) in [5, 5.41) is 18.2. The summed E-state index contributed by atoms with van der Waals surface area (Å²) in [6.45, 7) is 1.82. The average molecular weight is 332 g/mol. The molecule has 0 radical (unpaired) electrons. The Hall–Kier alpha value is -2.93. The zero-order valence-corrected chi connectivity index (χ0v) is 13.3. The Kier molecular flexibility index (Phi) is 8.55. The fourth-order valence-corrected chi connectivity index (χ4v) is 1.76. The molecular weight excluding hydrogens is 312 g/mol. The molecule has 0 fully saturated rings. The SMILES string of the molecule is COc1ccc(CCNCc2cccnc2)cc1.O=C(O)C(=O)O. The lowest BCUT2D eigenvalue weighted by Crippen LogP contribution is -2.16. The molecule has 7 nitrogen and oxygen atoms in total. The summed E-state index contributed by atoms with van der Waals surface area (Å²) in [4.78, 5) is 22.3. The van der Waals surface area contributed by atoms with Crippen LogP contribution in [0.5, 0.6) is 5.75 Å². The van der Waals surface area contributed by atoms with Gasteiger partial charge >= 0.3 is 11.9 Å². The summed E-state index contributed by atoms with van der Waals surface area (Å²) in [7, 11) is 1.68. The second kappa shape index (κ2) is 10.7. The van der Waals surface area contributed by atoms with Crippen LogP contribution in [0.1, 0.15) is 11.1 Å². The first-order valence-electron chi connectivity index (χ1n) is 7.21. The summed E-state index contributed by atoms with van der Waals surface area (Å²) >= 11 is 0. The summed E-state index contributed by atoms with van der Waals surface area (Å²) in [6, 6.07) is 12.2. The van der Waals surface area contributed by atoms with Crippen molar-refractivity contribution < 1.29 is 24.5 Å². The molecule has 24 heavy (non-hydrogen) atoms. The molecule has 1 aromatic carbocycles. The molecule has 0 atom stereocenters. The number of pyridine rings is 1. The van der Waals surface area contributed by atoms with Crippen LogP contribution in [-0.4, -0.2) is 40.8 Å². The van der Waals surface area contributed by atoms with E-state index >= 15 is 0 Å². The normalized spacial score (nSPS) is 9.54. The number of nitrogens with zero attached hydrogens (tertiary/aromatic N) is 1. The highest BCUT2D eigenvalue weighted by Gasteiger charge is 2.04. The molecule has 0 aliphatic carbocycles. The minimum absolute atomic E-state index is 0.865. The fourth-order valence-electron chi connectivity index (χ4n) is 1.76. The number of hydrogen-bond donors (Lipinski definition) is 3. The van der Waals surface area contributed by atoms with Crippen LogP contribution in [0.15, 0.2) is 48.8 Å². The molecular formula is C17H20N2O5. The predicted octanol–water partition coefficient (Wildman–Crippen LogP) is 1.58. The molecule has 7 heteroatoms. The number of carboxylic acid groups (broad SMARTS) is 2. The second-order valence-electron chi connectivity index (χ2n) is 4.75. The van der Waals surface area contributed by atoms with Crippen LogP contribution >= 0.6 is 0 Å². The summed E-state index contributed by atoms with van der Waals surface area (Å²) in [5.41, 5.74) is 2.53. The number of carbonyl (C=O) groups is 2. The smallest absolute Gasteiger partial charge is 0.414 e. The van der Waals surface area contributed by atoms with Crippen molar-refractivity contribution >= 4 is 11.9 Å².